The minimum Gasteiger partial charge on any atom is -0.492 e. The monoisotopic (exact) mass is 477 g/mol. The van der Waals surface area contributed by atoms with Crippen molar-refractivity contribution < 1.29 is 29.0 Å². The highest BCUT2D eigenvalue weighted by atomic mass is 16.5. The van der Waals surface area contributed by atoms with E-state index in [0.29, 0.717) is 61.7 Å². The van der Waals surface area contributed by atoms with Crippen LogP contribution < -0.4 is 15.4 Å². The molecule has 1 heterocycles. The van der Waals surface area contributed by atoms with Gasteiger partial charge in [-0.1, -0.05) is 12.1 Å². The summed E-state index contributed by atoms with van der Waals surface area (Å²) in [7, 11) is 1.57. The smallest absolute Gasteiger partial charge is 0.303 e. The molecule has 0 unspecified atom stereocenters. The fourth-order valence-electron chi connectivity index (χ4n) is 4.56. The quantitative estimate of drug-likeness (QED) is 0.357. The third-order valence-electron chi connectivity index (χ3n) is 6.56. The molecule has 3 N–H and O–H groups in total. The molecular weight excluding hydrogens is 450 g/mol. The van der Waals surface area contributed by atoms with Gasteiger partial charge < -0.3 is 25.2 Å². The van der Waals surface area contributed by atoms with Crippen LogP contribution in [0.5, 0.6) is 5.75 Å². The van der Waals surface area contributed by atoms with Crippen LogP contribution in [0.15, 0.2) is 36.4 Å². The molecule has 2 aromatic rings. The molecule has 0 aromatic heterocycles. The van der Waals surface area contributed by atoms with Crippen molar-refractivity contribution in [3.05, 3.63) is 64.5 Å². The Balaban J connectivity index is 1.49. The Morgan fingerprint density at radius 2 is 2.09 bits per heavy atom. The van der Waals surface area contributed by atoms with E-state index in [1.807, 2.05) is 0 Å². The molecule has 0 saturated heterocycles. The second kappa shape index (κ2) is 10.2. The lowest BCUT2D eigenvalue weighted by atomic mass is 9.93. The summed E-state index contributed by atoms with van der Waals surface area (Å²) >= 11 is 0. The van der Waals surface area contributed by atoms with E-state index in [1.54, 1.807) is 43.5 Å². The van der Waals surface area contributed by atoms with E-state index >= 15 is 0 Å². The number of aryl methyl sites for hydroxylation is 1. The first-order valence-electron chi connectivity index (χ1n) is 11.5. The molecule has 1 aliphatic carbocycles. The maximum absolute atomic E-state index is 13.2. The van der Waals surface area contributed by atoms with Gasteiger partial charge in [-0.05, 0) is 49.1 Å². The van der Waals surface area contributed by atoms with Gasteiger partial charge in [0.05, 0.1) is 25.7 Å². The van der Waals surface area contributed by atoms with Crippen LogP contribution in [0.3, 0.4) is 0 Å². The zero-order chi connectivity index (χ0) is 25.0. The van der Waals surface area contributed by atoms with Gasteiger partial charge in [0.1, 0.15) is 5.75 Å². The van der Waals surface area contributed by atoms with E-state index in [9.17, 15) is 14.4 Å². The number of nitrogens with zero attached hydrogens (tertiary/aromatic N) is 1. The Labute approximate surface area is 203 Å². The SMILES string of the molecule is [C-]#[N+]c1ccc(CCCC(=O)O)c(NC(=O)[C@@H]2C[C@]23COc2ccc(C(=O)NCCOC)cc23)c1. The highest BCUT2D eigenvalue weighted by molar-refractivity contribution is 5.98. The van der Waals surface area contributed by atoms with Gasteiger partial charge in [0.15, 0.2) is 5.69 Å². The molecule has 0 bridgehead atoms. The van der Waals surface area contributed by atoms with Crippen LogP contribution in [-0.4, -0.2) is 49.8 Å². The number of benzene rings is 2. The molecule has 2 aliphatic rings. The molecule has 182 valence electrons. The molecule has 9 nitrogen and oxygen atoms in total. The Hall–Kier alpha value is -3.90. The van der Waals surface area contributed by atoms with Gasteiger partial charge in [-0.3, -0.25) is 14.4 Å². The van der Waals surface area contributed by atoms with Gasteiger partial charge in [-0.2, -0.15) is 0 Å². The summed E-state index contributed by atoms with van der Waals surface area (Å²) in [6.45, 7) is 8.46. The van der Waals surface area contributed by atoms with Crippen LogP contribution in [0.1, 0.15) is 40.7 Å². The predicted octanol–water partition coefficient (Wildman–Crippen LogP) is 3.31. The first kappa shape index (κ1) is 24.2. The van der Waals surface area contributed by atoms with Crippen molar-refractivity contribution in [1.29, 1.82) is 0 Å². The average molecular weight is 478 g/mol. The molecule has 35 heavy (non-hydrogen) atoms. The molecule has 2 aromatic carbocycles. The lowest BCUT2D eigenvalue weighted by Gasteiger charge is -2.14. The Morgan fingerprint density at radius 1 is 1.26 bits per heavy atom. The lowest BCUT2D eigenvalue weighted by molar-refractivity contribution is -0.137. The maximum atomic E-state index is 13.2. The van der Waals surface area contributed by atoms with Crippen molar-refractivity contribution in [2.75, 3.05) is 32.2 Å². The standard InChI is InChI=1S/C26H27N3O6/c1-27-18-8-6-16(4-3-5-23(30)31)21(13-18)29-25(33)20-14-26(20)15-35-22-9-7-17(12-19(22)26)24(32)28-10-11-34-2/h6-9,12-13,20H,3-5,10-11,14-15H2,2H3,(H,28,32)(H,29,33)(H,30,31)/t20-,26+/m0/s1. The molecule has 1 saturated carbocycles. The third kappa shape index (κ3) is 5.12. The van der Waals surface area contributed by atoms with Gasteiger partial charge in [-0.25, -0.2) is 4.85 Å². The second-order valence-corrected chi connectivity index (χ2v) is 8.85. The van der Waals surface area contributed by atoms with Crippen LogP contribution in [0.25, 0.3) is 4.85 Å². The number of aliphatic carboxylic acids is 1. The molecule has 9 heteroatoms. The van der Waals surface area contributed by atoms with Gasteiger partial charge in [0.2, 0.25) is 5.91 Å². The van der Waals surface area contributed by atoms with Crippen LogP contribution in [-0.2, 0) is 26.2 Å². The topological polar surface area (TPSA) is 118 Å². The Bertz CT molecular complexity index is 1200. The van der Waals surface area contributed by atoms with E-state index < -0.39 is 11.4 Å². The number of hydrogen-bond acceptors (Lipinski definition) is 5. The number of ether oxygens (including phenoxy) is 2. The number of amides is 2. The Kier molecular flexibility index (Phi) is 7.03. The molecule has 2 amide bonds. The summed E-state index contributed by atoms with van der Waals surface area (Å²) in [5, 5.41) is 14.7. The van der Waals surface area contributed by atoms with Gasteiger partial charge >= 0.3 is 5.97 Å². The number of rotatable bonds is 10. The first-order chi connectivity index (χ1) is 16.9. The molecule has 1 aliphatic heterocycles. The number of carboxylic acid groups (broad SMARTS) is 1. The molecule has 1 spiro atoms. The van der Waals surface area contributed by atoms with Crippen molar-refractivity contribution in [2.24, 2.45) is 5.92 Å². The van der Waals surface area contributed by atoms with E-state index in [4.69, 9.17) is 21.2 Å². The van der Waals surface area contributed by atoms with Crippen molar-refractivity contribution >= 4 is 29.2 Å². The summed E-state index contributed by atoms with van der Waals surface area (Å²) in [4.78, 5) is 40.0. The zero-order valence-electron chi connectivity index (χ0n) is 19.4. The minimum absolute atomic E-state index is 0.0270. The largest absolute Gasteiger partial charge is 0.492 e. The lowest BCUT2D eigenvalue weighted by Crippen LogP contribution is -2.27. The number of carbonyl (C=O) groups is 3. The van der Waals surface area contributed by atoms with E-state index in [2.05, 4.69) is 15.5 Å². The molecule has 0 radical (unpaired) electrons. The first-order valence-corrected chi connectivity index (χ1v) is 11.5. The summed E-state index contributed by atoms with van der Waals surface area (Å²) in [5.41, 5.74) is 2.59. The van der Waals surface area contributed by atoms with Crippen LogP contribution in [0.2, 0.25) is 0 Å². The number of carboxylic acids is 1. The molecule has 2 atom stereocenters. The number of methoxy groups -OCH3 is 1. The maximum Gasteiger partial charge on any atom is 0.303 e. The van der Waals surface area contributed by atoms with E-state index in [-0.39, 0.29) is 24.2 Å². The average Bonchev–Trinajstić information content (AvgIpc) is 3.48. The van der Waals surface area contributed by atoms with Crippen molar-refractivity contribution in [1.82, 2.24) is 5.32 Å². The summed E-state index contributed by atoms with van der Waals surface area (Å²) in [6.07, 6.45) is 1.53. The van der Waals surface area contributed by atoms with Gasteiger partial charge in [-0.15, -0.1) is 0 Å². The van der Waals surface area contributed by atoms with Crippen molar-refractivity contribution in [3.8, 4) is 5.75 Å². The molecule has 1 fully saturated rings. The number of carbonyl (C=O) groups excluding carboxylic acids is 2. The zero-order valence-corrected chi connectivity index (χ0v) is 19.4. The third-order valence-corrected chi connectivity index (χ3v) is 6.56. The van der Waals surface area contributed by atoms with Crippen LogP contribution >= 0.6 is 0 Å². The number of anilines is 1. The van der Waals surface area contributed by atoms with Gasteiger partial charge in [0, 0.05) is 42.3 Å². The predicted molar refractivity (Wildman–Crippen MR) is 128 cm³/mol. The highest BCUT2D eigenvalue weighted by Crippen LogP contribution is 2.60. The number of nitrogens with one attached hydrogen (secondary N) is 2. The Morgan fingerprint density at radius 3 is 2.83 bits per heavy atom. The summed E-state index contributed by atoms with van der Waals surface area (Å²) < 4.78 is 10.8. The van der Waals surface area contributed by atoms with E-state index in [1.165, 1.54) is 0 Å². The second-order valence-electron chi connectivity index (χ2n) is 8.85. The van der Waals surface area contributed by atoms with Crippen molar-refractivity contribution in [2.45, 2.75) is 31.1 Å². The van der Waals surface area contributed by atoms with E-state index in [0.717, 1.165) is 11.1 Å². The van der Waals surface area contributed by atoms with Crippen LogP contribution in [0, 0.1) is 12.5 Å². The van der Waals surface area contributed by atoms with Gasteiger partial charge in [0.25, 0.3) is 5.91 Å². The normalized spacial score (nSPS) is 19.4. The van der Waals surface area contributed by atoms with Crippen molar-refractivity contribution in [3.63, 3.8) is 0 Å². The summed E-state index contributed by atoms with van der Waals surface area (Å²) in [6, 6.07) is 10.3. The highest BCUT2D eigenvalue weighted by Gasteiger charge is 2.63. The fourth-order valence-corrected chi connectivity index (χ4v) is 4.56. The minimum atomic E-state index is -0.875. The van der Waals surface area contributed by atoms with Crippen LogP contribution in [0.4, 0.5) is 11.4 Å². The number of hydrogen-bond donors (Lipinski definition) is 3. The molecule has 4 rings (SSSR count). The number of fused-ring (bicyclic) bond motifs is 2. The fraction of sp³-hybridized carbons (Fsp3) is 0.385. The summed E-state index contributed by atoms with van der Waals surface area (Å²) in [5.74, 6) is -0.925. The molecular formula is C26H27N3O6.